The maximum atomic E-state index is 13.1. The summed E-state index contributed by atoms with van der Waals surface area (Å²) >= 11 is 6.47. The van der Waals surface area contributed by atoms with Crippen molar-refractivity contribution in [2.75, 3.05) is 5.75 Å². The average molecular weight is 383 g/mol. The molecule has 1 saturated heterocycles. The zero-order chi connectivity index (χ0) is 18.1. The number of hydrogen-bond donors (Lipinski definition) is 0. The van der Waals surface area contributed by atoms with Crippen LogP contribution in [0.5, 0.6) is 0 Å². The lowest BCUT2D eigenvalue weighted by Gasteiger charge is -2.05. The van der Waals surface area contributed by atoms with Gasteiger partial charge in [-0.2, -0.15) is 10.1 Å². The van der Waals surface area contributed by atoms with Crippen LogP contribution in [-0.2, 0) is 11.3 Å². The number of hydrogen-bond acceptors (Lipinski definition) is 4. The number of nitrogens with zero attached hydrogens (tertiary/aromatic N) is 3. The first-order valence-electron chi connectivity index (χ1n) is 7.98. The molecular weight excluding hydrogens is 369 g/mol. The van der Waals surface area contributed by atoms with E-state index in [1.807, 2.05) is 30.5 Å². The first-order chi connectivity index (χ1) is 12.6. The Balaban J connectivity index is 1.68. The third-order valence-electron chi connectivity index (χ3n) is 4.13. The topological polar surface area (TPSA) is 37.6 Å². The van der Waals surface area contributed by atoms with Crippen molar-refractivity contribution < 1.29 is 9.18 Å². The zero-order valence-corrected chi connectivity index (χ0v) is 15.3. The van der Waals surface area contributed by atoms with E-state index in [2.05, 4.69) is 9.67 Å². The van der Waals surface area contributed by atoms with Crippen molar-refractivity contribution in [2.24, 2.45) is 5.10 Å². The second-order valence-electron chi connectivity index (χ2n) is 5.86. The van der Waals surface area contributed by atoms with E-state index in [9.17, 15) is 9.18 Å². The Morgan fingerprint density at radius 3 is 2.69 bits per heavy atom. The molecule has 1 fully saturated rings. The summed E-state index contributed by atoms with van der Waals surface area (Å²) < 4.78 is 15.7. The van der Waals surface area contributed by atoms with Crippen molar-refractivity contribution in [1.82, 2.24) is 9.58 Å². The van der Waals surface area contributed by atoms with Gasteiger partial charge in [-0.25, -0.2) is 4.39 Å². The molecule has 2 aromatic carbocycles. The highest BCUT2D eigenvalue weighted by Gasteiger charge is 2.26. The van der Waals surface area contributed by atoms with Crippen LogP contribution in [0.4, 0.5) is 4.39 Å². The Morgan fingerprint density at radius 1 is 1.19 bits per heavy atom. The smallest absolute Gasteiger partial charge is 0.259 e. The molecule has 0 atom stereocenters. The molecule has 4 rings (SSSR count). The van der Waals surface area contributed by atoms with E-state index in [4.69, 9.17) is 12.2 Å². The predicted octanol–water partition coefficient (Wildman–Crippen LogP) is 4.02. The lowest BCUT2D eigenvalue weighted by Crippen LogP contribution is -2.22. The molecule has 1 amide bonds. The summed E-state index contributed by atoms with van der Waals surface area (Å²) in [5.74, 6) is -0.0166. The largest absolute Gasteiger partial charge is 0.342 e. The summed E-state index contributed by atoms with van der Waals surface area (Å²) in [6.07, 6.45) is 3.65. The number of amides is 1. The third-order valence-corrected chi connectivity index (χ3v) is 5.46. The molecule has 7 heteroatoms. The monoisotopic (exact) mass is 383 g/mol. The molecule has 3 aromatic rings. The number of carbonyl (C=O) groups is 1. The van der Waals surface area contributed by atoms with Crippen molar-refractivity contribution in [3.05, 3.63) is 71.7 Å². The highest BCUT2D eigenvalue weighted by atomic mass is 32.2. The van der Waals surface area contributed by atoms with Gasteiger partial charge >= 0.3 is 0 Å². The number of para-hydroxylation sites is 1. The fraction of sp³-hybridized carbons (Fsp3) is 0.105. The number of fused-ring (bicyclic) bond motifs is 1. The van der Waals surface area contributed by atoms with Crippen LogP contribution in [0.25, 0.3) is 10.9 Å². The van der Waals surface area contributed by atoms with E-state index < -0.39 is 0 Å². The van der Waals surface area contributed by atoms with Crippen molar-refractivity contribution in [3.8, 4) is 0 Å². The van der Waals surface area contributed by atoms with Crippen LogP contribution >= 0.6 is 24.0 Å². The van der Waals surface area contributed by atoms with Crippen molar-refractivity contribution >= 4 is 51.3 Å². The molecule has 0 aliphatic carbocycles. The van der Waals surface area contributed by atoms with Gasteiger partial charge < -0.3 is 4.57 Å². The van der Waals surface area contributed by atoms with E-state index in [0.717, 1.165) is 22.0 Å². The molecule has 1 aliphatic heterocycles. The zero-order valence-electron chi connectivity index (χ0n) is 13.6. The molecule has 1 aromatic heterocycles. The van der Waals surface area contributed by atoms with Crippen LogP contribution in [0.1, 0.15) is 11.1 Å². The lowest BCUT2D eigenvalue weighted by atomic mass is 10.2. The normalized spacial score (nSPS) is 14.9. The van der Waals surface area contributed by atoms with Crippen LogP contribution in [0.3, 0.4) is 0 Å². The van der Waals surface area contributed by atoms with Crippen molar-refractivity contribution in [1.29, 1.82) is 0 Å². The van der Waals surface area contributed by atoms with Gasteiger partial charge in [0.2, 0.25) is 0 Å². The molecule has 0 N–H and O–H groups in total. The molecule has 0 saturated carbocycles. The molecular formula is C19H14FN3OS2. The minimum Gasteiger partial charge on any atom is -0.342 e. The van der Waals surface area contributed by atoms with Gasteiger partial charge in [-0.1, -0.05) is 54.3 Å². The number of aromatic nitrogens is 1. The van der Waals surface area contributed by atoms with Crippen LogP contribution in [0.2, 0.25) is 0 Å². The first-order valence-corrected chi connectivity index (χ1v) is 9.37. The molecule has 1 aliphatic rings. The quantitative estimate of drug-likeness (QED) is 0.504. The Bertz CT molecular complexity index is 1010. The van der Waals surface area contributed by atoms with Gasteiger partial charge in [-0.05, 0) is 23.8 Å². The van der Waals surface area contributed by atoms with Gasteiger partial charge in [0, 0.05) is 29.2 Å². The second kappa shape index (κ2) is 7.01. The molecule has 0 spiro atoms. The lowest BCUT2D eigenvalue weighted by molar-refractivity contribution is -0.123. The molecule has 0 bridgehead atoms. The highest BCUT2D eigenvalue weighted by Crippen LogP contribution is 2.23. The Morgan fingerprint density at radius 2 is 1.96 bits per heavy atom. The SMILES string of the molecule is O=C1CSC(=S)N1/N=C\c1cn(Cc2ccc(F)cc2)c2ccccc12. The minimum atomic E-state index is -0.247. The Hall–Kier alpha value is -2.51. The summed E-state index contributed by atoms with van der Waals surface area (Å²) in [7, 11) is 0. The predicted molar refractivity (Wildman–Crippen MR) is 107 cm³/mol. The number of benzene rings is 2. The van der Waals surface area contributed by atoms with Gasteiger partial charge in [-0.3, -0.25) is 4.79 Å². The number of thiocarbonyl (C=S) groups is 1. The molecule has 2 heterocycles. The minimum absolute atomic E-state index is 0.105. The van der Waals surface area contributed by atoms with E-state index in [1.54, 1.807) is 18.3 Å². The van der Waals surface area contributed by atoms with Crippen LogP contribution in [0.15, 0.2) is 59.8 Å². The summed E-state index contributed by atoms with van der Waals surface area (Å²) in [6, 6.07) is 14.4. The number of hydrazone groups is 1. The number of halogens is 1. The summed E-state index contributed by atoms with van der Waals surface area (Å²) in [5, 5.41) is 6.57. The number of carbonyl (C=O) groups excluding carboxylic acids is 1. The molecule has 0 unspecified atom stereocenters. The molecule has 130 valence electrons. The fourth-order valence-corrected chi connectivity index (χ4v) is 3.84. The summed E-state index contributed by atoms with van der Waals surface area (Å²) in [5.41, 5.74) is 2.95. The van der Waals surface area contributed by atoms with E-state index in [1.165, 1.54) is 28.9 Å². The van der Waals surface area contributed by atoms with Gasteiger partial charge in [0.25, 0.3) is 5.91 Å². The van der Waals surface area contributed by atoms with Gasteiger partial charge in [0.15, 0.2) is 4.32 Å². The summed E-state index contributed by atoms with van der Waals surface area (Å²) in [6.45, 7) is 0.617. The van der Waals surface area contributed by atoms with Crippen molar-refractivity contribution in [2.45, 2.75) is 6.54 Å². The maximum absolute atomic E-state index is 13.1. The van der Waals surface area contributed by atoms with E-state index in [0.29, 0.717) is 16.6 Å². The van der Waals surface area contributed by atoms with Crippen LogP contribution < -0.4 is 0 Å². The van der Waals surface area contributed by atoms with Crippen molar-refractivity contribution in [3.63, 3.8) is 0 Å². The maximum Gasteiger partial charge on any atom is 0.259 e. The van der Waals surface area contributed by atoms with Crippen LogP contribution in [-0.4, -0.2) is 31.8 Å². The molecule has 0 radical (unpaired) electrons. The average Bonchev–Trinajstić information content (AvgIpc) is 3.16. The second-order valence-corrected chi connectivity index (χ2v) is 7.47. The highest BCUT2D eigenvalue weighted by molar-refractivity contribution is 8.23. The van der Waals surface area contributed by atoms with E-state index >= 15 is 0 Å². The first kappa shape index (κ1) is 16.9. The standard InChI is InChI=1S/C19H14FN3OS2/c20-15-7-5-13(6-8-15)10-22-11-14(16-3-1-2-4-17(16)22)9-21-23-18(24)12-26-19(23)25/h1-9,11H,10,12H2/b21-9-. The summed E-state index contributed by atoms with van der Waals surface area (Å²) in [4.78, 5) is 11.8. The van der Waals surface area contributed by atoms with Crippen LogP contribution in [0, 0.1) is 5.82 Å². The van der Waals surface area contributed by atoms with Gasteiger partial charge in [0.05, 0.1) is 12.0 Å². The third kappa shape index (κ3) is 3.27. The van der Waals surface area contributed by atoms with E-state index in [-0.39, 0.29) is 11.7 Å². The number of rotatable bonds is 4. The Labute approximate surface area is 159 Å². The molecule has 26 heavy (non-hydrogen) atoms. The van der Waals surface area contributed by atoms with Gasteiger partial charge in [0.1, 0.15) is 5.82 Å². The molecule has 4 nitrogen and oxygen atoms in total. The Kier molecular flexibility index (Phi) is 4.57. The van der Waals surface area contributed by atoms with Gasteiger partial charge in [-0.15, -0.1) is 0 Å². The number of thioether (sulfide) groups is 1. The fourth-order valence-electron chi connectivity index (χ4n) is 2.87.